The highest BCUT2D eigenvalue weighted by Crippen LogP contribution is 2.39. The van der Waals surface area contributed by atoms with Crippen molar-refractivity contribution in [2.45, 2.75) is 18.9 Å². The SMILES string of the molecule is COc1cc(N2C[C@H]3CC(O)C[C@H]3C2)nc(OC)n1. The van der Waals surface area contributed by atoms with E-state index in [1.54, 1.807) is 14.2 Å². The molecule has 1 aromatic heterocycles. The van der Waals surface area contributed by atoms with Crippen molar-refractivity contribution in [1.29, 1.82) is 0 Å². The minimum Gasteiger partial charge on any atom is -0.481 e. The Morgan fingerprint density at radius 3 is 2.42 bits per heavy atom. The molecule has 6 nitrogen and oxygen atoms in total. The van der Waals surface area contributed by atoms with Crippen molar-refractivity contribution in [2.24, 2.45) is 11.8 Å². The monoisotopic (exact) mass is 265 g/mol. The Bertz CT molecular complexity index is 432. The van der Waals surface area contributed by atoms with Crippen LogP contribution < -0.4 is 14.4 Å². The lowest BCUT2D eigenvalue weighted by Crippen LogP contribution is -2.23. The normalized spacial score (nSPS) is 29.4. The van der Waals surface area contributed by atoms with Gasteiger partial charge in [0.2, 0.25) is 5.88 Å². The van der Waals surface area contributed by atoms with Gasteiger partial charge < -0.3 is 19.5 Å². The summed E-state index contributed by atoms with van der Waals surface area (Å²) in [6.45, 7) is 1.87. The van der Waals surface area contributed by atoms with E-state index in [1.807, 2.05) is 6.07 Å². The van der Waals surface area contributed by atoms with Crippen molar-refractivity contribution in [2.75, 3.05) is 32.2 Å². The summed E-state index contributed by atoms with van der Waals surface area (Å²) in [7, 11) is 3.13. The lowest BCUT2D eigenvalue weighted by molar-refractivity contribution is 0.174. The number of aliphatic hydroxyl groups is 1. The van der Waals surface area contributed by atoms with Crippen LogP contribution in [0.25, 0.3) is 0 Å². The maximum Gasteiger partial charge on any atom is 0.321 e. The van der Waals surface area contributed by atoms with Crippen molar-refractivity contribution in [3.63, 3.8) is 0 Å². The average Bonchev–Trinajstić information content (AvgIpc) is 2.95. The molecule has 19 heavy (non-hydrogen) atoms. The maximum absolute atomic E-state index is 9.67. The molecule has 2 heterocycles. The molecule has 0 bridgehead atoms. The van der Waals surface area contributed by atoms with E-state index < -0.39 is 0 Å². The molecule has 3 rings (SSSR count). The molecule has 0 radical (unpaired) electrons. The summed E-state index contributed by atoms with van der Waals surface area (Å²) >= 11 is 0. The third-order valence-electron chi connectivity index (χ3n) is 4.11. The molecular formula is C13H19N3O3. The lowest BCUT2D eigenvalue weighted by Gasteiger charge is -2.19. The summed E-state index contributed by atoms with van der Waals surface area (Å²) in [5.41, 5.74) is 0. The van der Waals surface area contributed by atoms with Gasteiger partial charge in [-0.3, -0.25) is 0 Å². The molecule has 0 amide bonds. The molecule has 3 atom stereocenters. The fourth-order valence-corrected chi connectivity index (χ4v) is 3.21. The standard InChI is InChI=1S/C13H19N3O3/c1-18-12-5-11(14-13(15-12)19-2)16-6-8-3-10(17)4-9(8)7-16/h5,8-10,17H,3-4,6-7H2,1-2H3/t8-,9+,10?. The van der Waals surface area contributed by atoms with Crippen molar-refractivity contribution in [3.8, 4) is 11.9 Å². The summed E-state index contributed by atoms with van der Waals surface area (Å²) in [6.07, 6.45) is 1.69. The number of nitrogens with zero attached hydrogens (tertiary/aromatic N) is 3. The van der Waals surface area contributed by atoms with E-state index in [4.69, 9.17) is 9.47 Å². The first-order valence-corrected chi connectivity index (χ1v) is 6.59. The van der Waals surface area contributed by atoms with Crippen LogP contribution in [-0.2, 0) is 0 Å². The minimum absolute atomic E-state index is 0.119. The Hall–Kier alpha value is -1.56. The Kier molecular flexibility index (Phi) is 3.18. The van der Waals surface area contributed by atoms with Gasteiger partial charge in [0.15, 0.2) is 0 Å². The van der Waals surface area contributed by atoms with Crippen LogP contribution in [0.15, 0.2) is 6.07 Å². The van der Waals surface area contributed by atoms with E-state index in [0.29, 0.717) is 23.7 Å². The zero-order valence-electron chi connectivity index (χ0n) is 11.2. The van der Waals surface area contributed by atoms with E-state index in [-0.39, 0.29) is 6.10 Å². The van der Waals surface area contributed by atoms with Crippen molar-refractivity contribution in [3.05, 3.63) is 6.07 Å². The Balaban J connectivity index is 1.80. The van der Waals surface area contributed by atoms with Crippen LogP contribution in [0, 0.1) is 11.8 Å². The number of hydrogen-bond donors (Lipinski definition) is 1. The van der Waals surface area contributed by atoms with Crippen molar-refractivity contribution < 1.29 is 14.6 Å². The molecule has 6 heteroatoms. The van der Waals surface area contributed by atoms with Gasteiger partial charge in [-0.2, -0.15) is 9.97 Å². The van der Waals surface area contributed by atoms with Gasteiger partial charge >= 0.3 is 6.01 Å². The molecule has 1 aliphatic heterocycles. The van der Waals surface area contributed by atoms with Crippen molar-refractivity contribution in [1.82, 2.24) is 9.97 Å². The molecule has 104 valence electrons. The van der Waals surface area contributed by atoms with Gasteiger partial charge in [0.1, 0.15) is 5.82 Å². The highest BCUT2D eigenvalue weighted by Gasteiger charge is 2.40. The van der Waals surface area contributed by atoms with Gasteiger partial charge in [-0.25, -0.2) is 0 Å². The number of anilines is 1. The number of rotatable bonds is 3. The number of aliphatic hydroxyl groups excluding tert-OH is 1. The second kappa shape index (κ2) is 4.85. The van der Waals surface area contributed by atoms with Crippen LogP contribution in [0.3, 0.4) is 0 Å². The lowest BCUT2D eigenvalue weighted by atomic mass is 10.0. The van der Waals surface area contributed by atoms with Gasteiger partial charge in [-0.05, 0) is 24.7 Å². The molecule has 2 aliphatic rings. The first-order chi connectivity index (χ1) is 9.19. The summed E-state index contributed by atoms with van der Waals surface area (Å²) in [6, 6.07) is 2.16. The number of aromatic nitrogens is 2. The van der Waals surface area contributed by atoms with Gasteiger partial charge in [-0.15, -0.1) is 0 Å². The van der Waals surface area contributed by atoms with Gasteiger partial charge in [0.25, 0.3) is 0 Å². The molecule has 1 saturated carbocycles. The molecule has 1 saturated heterocycles. The highest BCUT2D eigenvalue weighted by atomic mass is 16.5. The summed E-state index contributed by atoms with van der Waals surface area (Å²) in [5.74, 6) is 2.50. The summed E-state index contributed by atoms with van der Waals surface area (Å²) in [5, 5.41) is 9.67. The Labute approximate surface area is 112 Å². The number of methoxy groups -OCH3 is 2. The fourth-order valence-electron chi connectivity index (χ4n) is 3.21. The van der Waals surface area contributed by atoms with Crippen LogP contribution in [0.5, 0.6) is 11.9 Å². The topological polar surface area (TPSA) is 67.7 Å². The van der Waals surface area contributed by atoms with E-state index in [9.17, 15) is 5.11 Å². The third-order valence-corrected chi connectivity index (χ3v) is 4.11. The van der Waals surface area contributed by atoms with Crippen molar-refractivity contribution >= 4 is 5.82 Å². The molecule has 0 spiro atoms. The second-order valence-electron chi connectivity index (χ2n) is 5.31. The highest BCUT2D eigenvalue weighted by molar-refractivity contribution is 5.44. The molecule has 1 N–H and O–H groups in total. The van der Waals surface area contributed by atoms with Crippen LogP contribution in [0.2, 0.25) is 0 Å². The largest absolute Gasteiger partial charge is 0.481 e. The zero-order chi connectivity index (χ0) is 13.4. The Morgan fingerprint density at radius 2 is 1.84 bits per heavy atom. The van der Waals surface area contributed by atoms with E-state index in [0.717, 1.165) is 31.7 Å². The van der Waals surface area contributed by atoms with Gasteiger partial charge in [-0.1, -0.05) is 0 Å². The van der Waals surface area contributed by atoms with Crippen LogP contribution in [-0.4, -0.2) is 48.5 Å². The van der Waals surface area contributed by atoms with Gasteiger partial charge in [0, 0.05) is 19.2 Å². The predicted molar refractivity (Wildman–Crippen MR) is 69.6 cm³/mol. The third kappa shape index (κ3) is 2.32. The van der Waals surface area contributed by atoms with E-state index >= 15 is 0 Å². The zero-order valence-corrected chi connectivity index (χ0v) is 11.2. The molecular weight excluding hydrogens is 246 g/mol. The van der Waals surface area contributed by atoms with Crippen LogP contribution in [0.1, 0.15) is 12.8 Å². The summed E-state index contributed by atoms with van der Waals surface area (Å²) in [4.78, 5) is 10.7. The van der Waals surface area contributed by atoms with Gasteiger partial charge in [0.05, 0.1) is 20.3 Å². The number of hydrogen-bond acceptors (Lipinski definition) is 6. The minimum atomic E-state index is -0.119. The first-order valence-electron chi connectivity index (χ1n) is 6.59. The quantitative estimate of drug-likeness (QED) is 0.867. The average molecular weight is 265 g/mol. The molecule has 1 aliphatic carbocycles. The number of ether oxygens (including phenoxy) is 2. The predicted octanol–water partition coefficient (Wildman–Crippen LogP) is 0.701. The van der Waals surface area contributed by atoms with E-state index in [2.05, 4.69) is 14.9 Å². The fraction of sp³-hybridized carbons (Fsp3) is 0.692. The molecule has 1 unspecified atom stereocenters. The van der Waals surface area contributed by atoms with E-state index in [1.165, 1.54) is 0 Å². The summed E-state index contributed by atoms with van der Waals surface area (Å²) < 4.78 is 10.3. The second-order valence-corrected chi connectivity index (χ2v) is 5.31. The smallest absolute Gasteiger partial charge is 0.321 e. The first kappa shape index (κ1) is 12.5. The Morgan fingerprint density at radius 1 is 1.16 bits per heavy atom. The van der Waals surface area contributed by atoms with Crippen LogP contribution in [0.4, 0.5) is 5.82 Å². The molecule has 0 aromatic carbocycles. The number of fused-ring (bicyclic) bond motifs is 1. The molecule has 1 aromatic rings. The van der Waals surface area contributed by atoms with Crippen LogP contribution >= 0.6 is 0 Å². The maximum atomic E-state index is 9.67. The molecule has 2 fully saturated rings.